The summed E-state index contributed by atoms with van der Waals surface area (Å²) in [7, 11) is 1.89. The van der Waals surface area contributed by atoms with Crippen molar-refractivity contribution in [1.29, 1.82) is 0 Å². The van der Waals surface area contributed by atoms with Gasteiger partial charge in [-0.3, -0.25) is 4.79 Å². The first-order valence-corrected chi connectivity index (χ1v) is 8.56. The largest absolute Gasteiger partial charge is 0.483 e. The fraction of sp³-hybridized carbons (Fsp3) is 0.611. The molecule has 0 saturated carbocycles. The van der Waals surface area contributed by atoms with E-state index in [0.717, 1.165) is 24.9 Å². The second-order valence-corrected chi connectivity index (χ2v) is 6.69. The summed E-state index contributed by atoms with van der Waals surface area (Å²) in [5.74, 6) is -0.156. The van der Waals surface area contributed by atoms with Gasteiger partial charge in [-0.05, 0) is 50.4 Å². The van der Waals surface area contributed by atoms with Crippen LogP contribution in [0.1, 0.15) is 18.4 Å². The highest BCUT2D eigenvalue weighted by Gasteiger charge is 2.43. The van der Waals surface area contributed by atoms with E-state index in [9.17, 15) is 13.6 Å². The molecule has 0 aromatic heterocycles. The maximum absolute atomic E-state index is 13.5. The van der Waals surface area contributed by atoms with Gasteiger partial charge in [-0.25, -0.2) is 8.78 Å². The van der Waals surface area contributed by atoms with E-state index in [1.807, 2.05) is 19.2 Å². The first kappa shape index (κ1) is 17.1. The molecule has 2 aliphatic rings. The first-order chi connectivity index (χ1) is 11.6. The first-order valence-electron chi connectivity index (χ1n) is 8.56. The average molecular weight is 338 g/mol. The molecule has 3 atom stereocenters. The number of fused-ring (bicyclic) bond motifs is 1. The average Bonchev–Trinajstić information content (AvgIpc) is 2.60. The molecule has 2 aliphatic heterocycles. The number of carbonyl (C=O) groups excluding carboxylic acids is 1. The Kier molecular flexibility index (Phi) is 5.33. The third kappa shape index (κ3) is 3.53. The van der Waals surface area contributed by atoms with E-state index < -0.39 is 18.4 Å². The highest BCUT2D eigenvalue weighted by molar-refractivity contribution is 5.80. The number of piperidine rings is 1. The van der Waals surface area contributed by atoms with Crippen molar-refractivity contribution in [2.75, 3.05) is 26.7 Å². The summed E-state index contributed by atoms with van der Waals surface area (Å²) in [6, 6.07) is 7.14. The van der Waals surface area contributed by atoms with Gasteiger partial charge in [0.1, 0.15) is 5.75 Å². The van der Waals surface area contributed by atoms with Crippen molar-refractivity contribution in [3.8, 4) is 5.75 Å². The number of halogens is 2. The van der Waals surface area contributed by atoms with Crippen molar-refractivity contribution < 1.29 is 18.3 Å². The van der Waals surface area contributed by atoms with Crippen molar-refractivity contribution in [1.82, 2.24) is 10.2 Å². The van der Waals surface area contributed by atoms with Gasteiger partial charge in [0, 0.05) is 13.1 Å². The molecule has 1 amide bonds. The topological polar surface area (TPSA) is 41.6 Å². The van der Waals surface area contributed by atoms with E-state index in [2.05, 4.69) is 5.32 Å². The Labute approximate surface area is 141 Å². The van der Waals surface area contributed by atoms with E-state index in [1.165, 1.54) is 0 Å². The molecule has 0 aliphatic carbocycles. The van der Waals surface area contributed by atoms with Gasteiger partial charge in [-0.1, -0.05) is 18.2 Å². The van der Waals surface area contributed by atoms with E-state index in [1.54, 1.807) is 17.0 Å². The predicted molar refractivity (Wildman–Crippen MR) is 87.3 cm³/mol. The molecule has 0 spiro atoms. The smallest absolute Gasteiger partial charge is 0.275 e. The second kappa shape index (κ2) is 7.47. The van der Waals surface area contributed by atoms with Crippen LogP contribution in [0.3, 0.4) is 0 Å². The monoisotopic (exact) mass is 338 g/mol. The lowest BCUT2D eigenvalue weighted by Crippen LogP contribution is -2.51. The van der Waals surface area contributed by atoms with Gasteiger partial charge in [0.05, 0.1) is 5.92 Å². The number of hydrogen-bond donors (Lipinski definition) is 1. The standard InChI is InChI=1S/C18H24F2N2O2/c1-21-10-12-5-4-8-22(11-12)18(23)14-9-13-6-2-3-7-15(13)24-16(14)17(19)20/h2-3,6-7,12,14,16-17,21H,4-5,8-11H2,1H3/t12?,14-,16-/m1/s1. The van der Waals surface area contributed by atoms with Gasteiger partial charge in [-0.2, -0.15) is 0 Å². The number of nitrogens with zero attached hydrogens (tertiary/aromatic N) is 1. The molecule has 1 unspecified atom stereocenters. The van der Waals surface area contributed by atoms with Crippen LogP contribution < -0.4 is 10.1 Å². The third-order valence-electron chi connectivity index (χ3n) is 4.96. The molecule has 6 heteroatoms. The number of alkyl halides is 2. The van der Waals surface area contributed by atoms with Crippen molar-refractivity contribution in [2.24, 2.45) is 11.8 Å². The number of ether oxygens (including phenoxy) is 1. The minimum Gasteiger partial charge on any atom is -0.483 e. The molecular formula is C18H24F2N2O2. The molecule has 1 N–H and O–H groups in total. The fourth-order valence-corrected chi connectivity index (χ4v) is 3.78. The van der Waals surface area contributed by atoms with Gasteiger partial charge in [0.15, 0.2) is 6.10 Å². The number of amides is 1. The molecule has 1 aromatic carbocycles. The number of nitrogens with one attached hydrogen (secondary N) is 1. The maximum Gasteiger partial charge on any atom is 0.275 e. The molecule has 4 nitrogen and oxygen atoms in total. The maximum atomic E-state index is 13.5. The number of benzene rings is 1. The Morgan fingerprint density at radius 3 is 2.96 bits per heavy atom. The highest BCUT2D eigenvalue weighted by atomic mass is 19.3. The molecule has 0 radical (unpaired) electrons. The number of para-hydroxylation sites is 1. The number of rotatable bonds is 4. The number of hydrogen-bond acceptors (Lipinski definition) is 3. The summed E-state index contributed by atoms with van der Waals surface area (Å²) in [6.07, 6.45) is -1.74. The molecule has 0 bridgehead atoms. The minimum atomic E-state index is -2.68. The van der Waals surface area contributed by atoms with E-state index in [4.69, 9.17) is 4.74 Å². The van der Waals surface area contributed by atoms with Crippen LogP contribution in [0.5, 0.6) is 5.75 Å². The highest BCUT2D eigenvalue weighted by Crippen LogP contribution is 2.34. The summed E-state index contributed by atoms with van der Waals surface area (Å²) in [5.41, 5.74) is 0.830. The Morgan fingerprint density at radius 1 is 1.42 bits per heavy atom. The quantitative estimate of drug-likeness (QED) is 0.916. The Hall–Kier alpha value is -1.69. The Balaban J connectivity index is 1.77. The third-order valence-corrected chi connectivity index (χ3v) is 4.96. The molecule has 1 aromatic rings. The number of carbonyl (C=O) groups is 1. The molecule has 2 heterocycles. The van der Waals surface area contributed by atoms with Gasteiger partial charge in [0.2, 0.25) is 5.91 Å². The van der Waals surface area contributed by atoms with Crippen LogP contribution in [0.2, 0.25) is 0 Å². The van der Waals surface area contributed by atoms with Crippen LogP contribution in [0.4, 0.5) is 8.78 Å². The van der Waals surface area contributed by atoms with E-state index >= 15 is 0 Å². The van der Waals surface area contributed by atoms with Crippen LogP contribution in [-0.2, 0) is 11.2 Å². The Bertz CT molecular complexity index is 580. The molecule has 1 saturated heterocycles. The summed E-state index contributed by atoms with van der Waals surface area (Å²) in [6.45, 7) is 2.12. The lowest BCUT2D eigenvalue weighted by molar-refractivity contribution is -0.145. The molecule has 1 fully saturated rings. The van der Waals surface area contributed by atoms with Gasteiger partial charge < -0.3 is 15.0 Å². The van der Waals surface area contributed by atoms with Crippen LogP contribution in [-0.4, -0.2) is 50.0 Å². The van der Waals surface area contributed by atoms with Crippen molar-refractivity contribution in [2.45, 2.75) is 31.8 Å². The SMILES string of the molecule is CNCC1CCCN(C(=O)[C@@H]2Cc3ccccc3O[C@H]2C(F)F)C1. The van der Waals surface area contributed by atoms with Crippen molar-refractivity contribution in [3.63, 3.8) is 0 Å². The fourth-order valence-electron chi connectivity index (χ4n) is 3.78. The summed E-state index contributed by atoms with van der Waals surface area (Å²) < 4.78 is 32.5. The van der Waals surface area contributed by atoms with E-state index in [0.29, 0.717) is 31.2 Å². The second-order valence-electron chi connectivity index (χ2n) is 6.69. The summed E-state index contributed by atoms with van der Waals surface area (Å²) in [5, 5.41) is 3.13. The van der Waals surface area contributed by atoms with Crippen LogP contribution in [0.25, 0.3) is 0 Å². The van der Waals surface area contributed by atoms with Crippen LogP contribution in [0, 0.1) is 11.8 Å². The predicted octanol–water partition coefficient (Wildman–Crippen LogP) is 2.33. The molecular weight excluding hydrogens is 314 g/mol. The zero-order chi connectivity index (χ0) is 17.1. The Morgan fingerprint density at radius 2 is 2.21 bits per heavy atom. The number of likely N-dealkylation sites (tertiary alicyclic amines) is 1. The summed E-state index contributed by atoms with van der Waals surface area (Å²) in [4.78, 5) is 14.7. The summed E-state index contributed by atoms with van der Waals surface area (Å²) >= 11 is 0. The molecule has 24 heavy (non-hydrogen) atoms. The van der Waals surface area contributed by atoms with Gasteiger partial charge >= 0.3 is 0 Å². The molecule has 132 valence electrons. The van der Waals surface area contributed by atoms with Crippen molar-refractivity contribution >= 4 is 5.91 Å². The van der Waals surface area contributed by atoms with Gasteiger partial charge in [0.25, 0.3) is 6.43 Å². The normalized spacial score (nSPS) is 26.8. The zero-order valence-corrected chi connectivity index (χ0v) is 13.9. The zero-order valence-electron chi connectivity index (χ0n) is 13.9. The minimum absolute atomic E-state index is 0.199. The van der Waals surface area contributed by atoms with Crippen molar-refractivity contribution in [3.05, 3.63) is 29.8 Å². The van der Waals surface area contributed by atoms with E-state index in [-0.39, 0.29) is 5.91 Å². The lowest BCUT2D eigenvalue weighted by Gasteiger charge is -2.38. The van der Waals surface area contributed by atoms with Gasteiger partial charge in [-0.15, -0.1) is 0 Å². The van der Waals surface area contributed by atoms with Crippen LogP contribution in [0.15, 0.2) is 24.3 Å². The lowest BCUT2D eigenvalue weighted by atomic mass is 9.88. The van der Waals surface area contributed by atoms with Crippen LogP contribution >= 0.6 is 0 Å². The molecule has 3 rings (SSSR count).